The van der Waals surface area contributed by atoms with Gasteiger partial charge in [0.25, 0.3) is 5.91 Å². The monoisotopic (exact) mass is 268 g/mol. The molecule has 0 bridgehead atoms. The van der Waals surface area contributed by atoms with E-state index >= 15 is 0 Å². The number of likely N-dealkylation sites (tertiary alicyclic amines) is 1. The number of piperidine rings is 1. The molecule has 104 valence electrons. The number of carbonyl (C=O) groups excluding carboxylic acids is 1. The lowest BCUT2D eigenvalue weighted by molar-refractivity contribution is 0.0612. The first-order valence-corrected chi connectivity index (χ1v) is 6.40. The number of halogens is 2. The second-order valence-corrected chi connectivity index (χ2v) is 5.43. The maximum absolute atomic E-state index is 13.6. The third-order valence-corrected chi connectivity index (χ3v) is 3.91. The van der Waals surface area contributed by atoms with E-state index in [2.05, 4.69) is 6.92 Å². The molecule has 1 aromatic rings. The fraction of sp³-hybridized carbons (Fsp3) is 0.500. The Morgan fingerprint density at radius 2 is 2.00 bits per heavy atom. The van der Waals surface area contributed by atoms with Crippen LogP contribution in [0.15, 0.2) is 18.2 Å². The first-order valence-electron chi connectivity index (χ1n) is 6.40. The highest BCUT2D eigenvalue weighted by Gasteiger charge is 2.31. The van der Waals surface area contributed by atoms with Crippen molar-refractivity contribution in [1.29, 1.82) is 0 Å². The Balaban J connectivity index is 2.11. The van der Waals surface area contributed by atoms with E-state index in [0.29, 0.717) is 19.6 Å². The summed E-state index contributed by atoms with van der Waals surface area (Å²) in [4.78, 5) is 13.7. The van der Waals surface area contributed by atoms with Gasteiger partial charge in [-0.25, -0.2) is 8.78 Å². The third-order valence-electron chi connectivity index (χ3n) is 3.91. The molecule has 0 radical (unpaired) electrons. The molecule has 1 saturated heterocycles. The van der Waals surface area contributed by atoms with Crippen molar-refractivity contribution in [3.63, 3.8) is 0 Å². The quantitative estimate of drug-likeness (QED) is 0.893. The minimum absolute atomic E-state index is 0.0390. The van der Waals surface area contributed by atoms with Gasteiger partial charge in [0.1, 0.15) is 11.6 Å². The zero-order valence-corrected chi connectivity index (χ0v) is 11.0. The lowest BCUT2D eigenvalue weighted by Crippen LogP contribution is -2.45. The van der Waals surface area contributed by atoms with Crippen LogP contribution in [-0.2, 0) is 0 Å². The van der Waals surface area contributed by atoms with E-state index < -0.39 is 17.5 Å². The van der Waals surface area contributed by atoms with Gasteiger partial charge in [0.15, 0.2) is 0 Å². The number of rotatable bonds is 2. The molecule has 3 nitrogen and oxygen atoms in total. The molecule has 2 N–H and O–H groups in total. The van der Waals surface area contributed by atoms with E-state index in [0.717, 1.165) is 31.0 Å². The average Bonchev–Trinajstić information content (AvgIpc) is 2.42. The second-order valence-electron chi connectivity index (χ2n) is 5.43. The van der Waals surface area contributed by atoms with Crippen molar-refractivity contribution in [3.05, 3.63) is 35.4 Å². The maximum Gasteiger partial charge on any atom is 0.256 e. The topological polar surface area (TPSA) is 46.3 Å². The Hall–Kier alpha value is -1.49. The summed E-state index contributed by atoms with van der Waals surface area (Å²) in [6.45, 7) is 3.71. The molecule has 0 spiro atoms. The number of benzene rings is 1. The molecule has 0 aliphatic carbocycles. The van der Waals surface area contributed by atoms with Gasteiger partial charge in [-0.1, -0.05) is 6.92 Å². The molecule has 0 saturated carbocycles. The summed E-state index contributed by atoms with van der Waals surface area (Å²) in [6.07, 6.45) is 1.57. The number of nitrogens with zero attached hydrogens (tertiary/aromatic N) is 1. The molecule has 2 rings (SSSR count). The number of carbonyl (C=O) groups is 1. The summed E-state index contributed by atoms with van der Waals surface area (Å²) in [5.41, 5.74) is 5.54. The Morgan fingerprint density at radius 1 is 1.37 bits per heavy atom. The predicted octanol–water partition coefficient (Wildman–Crippen LogP) is 2.17. The van der Waals surface area contributed by atoms with Gasteiger partial charge in [0, 0.05) is 13.1 Å². The summed E-state index contributed by atoms with van der Waals surface area (Å²) in [7, 11) is 0. The maximum atomic E-state index is 13.6. The molecule has 1 heterocycles. The first-order chi connectivity index (χ1) is 8.95. The lowest BCUT2D eigenvalue weighted by Gasteiger charge is -2.38. The fourth-order valence-electron chi connectivity index (χ4n) is 2.29. The van der Waals surface area contributed by atoms with E-state index in [9.17, 15) is 13.6 Å². The van der Waals surface area contributed by atoms with E-state index in [1.165, 1.54) is 0 Å². The largest absolute Gasteiger partial charge is 0.339 e. The summed E-state index contributed by atoms with van der Waals surface area (Å²) in [5.74, 6) is -1.73. The average molecular weight is 268 g/mol. The van der Waals surface area contributed by atoms with Crippen LogP contribution in [0.1, 0.15) is 30.1 Å². The van der Waals surface area contributed by atoms with Crippen LogP contribution < -0.4 is 5.73 Å². The van der Waals surface area contributed by atoms with Crippen molar-refractivity contribution in [2.24, 2.45) is 11.1 Å². The van der Waals surface area contributed by atoms with Gasteiger partial charge in [-0.05, 0) is 43.0 Å². The van der Waals surface area contributed by atoms with Crippen molar-refractivity contribution in [2.45, 2.75) is 19.8 Å². The van der Waals surface area contributed by atoms with Crippen molar-refractivity contribution >= 4 is 5.91 Å². The van der Waals surface area contributed by atoms with E-state index in [-0.39, 0.29) is 11.0 Å². The van der Waals surface area contributed by atoms with E-state index in [4.69, 9.17) is 5.73 Å². The first kappa shape index (κ1) is 13.9. The van der Waals surface area contributed by atoms with Gasteiger partial charge in [-0.3, -0.25) is 4.79 Å². The third kappa shape index (κ3) is 2.92. The smallest absolute Gasteiger partial charge is 0.256 e. The molecule has 0 aromatic heterocycles. The molecule has 1 aliphatic rings. The Morgan fingerprint density at radius 3 is 2.58 bits per heavy atom. The van der Waals surface area contributed by atoms with Crippen molar-refractivity contribution in [3.8, 4) is 0 Å². The fourth-order valence-corrected chi connectivity index (χ4v) is 2.29. The van der Waals surface area contributed by atoms with Crippen molar-refractivity contribution < 1.29 is 13.6 Å². The molecule has 0 atom stereocenters. The van der Waals surface area contributed by atoms with Crippen molar-refractivity contribution in [1.82, 2.24) is 4.90 Å². The zero-order valence-electron chi connectivity index (χ0n) is 11.0. The molecular formula is C14H18F2N2O. The summed E-state index contributed by atoms with van der Waals surface area (Å²) < 4.78 is 26.7. The highest BCUT2D eigenvalue weighted by molar-refractivity contribution is 5.94. The molecular weight excluding hydrogens is 250 g/mol. The normalized spacial score (nSPS) is 18.4. The molecule has 0 unspecified atom stereocenters. The van der Waals surface area contributed by atoms with Crippen LogP contribution in [-0.4, -0.2) is 30.4 Å². The number of amides is 1. The van der Waals surface area contributed by atoms with E-state index in [1.54, 1.807) is 4.90 Å². The number of nitrogens with two attached hydrogens (primary N) is 1. The summed E-state index contributed by atoms with van der Waals surface area (Å²) >= 11 is 0. The zero-order chi connectivity index (χ0) is 14.0. The van der Waals surface area contributed by atoms with Gasteiger partial charge >= 0.3 is 0 Å². The Kier molecular flexibility index (Phi) is 3.85. The van der Waals surface area contributed by atoms with Crippen LogP contribution in [0.2, 0.25) is 0 Å². The highest BCUT2D eigenvalue weighted by atomic mass is 19.1. The van der Waals surface area contributed by atoms with Gasteiger partial charge < -0.3 is 10.6 Å². The van der Waals surface area contributed by atoms with Gasteiger partial charge in [0.2, 0.25) is 0 Å². The number of hydrogen-bond donors (Lipinski definition) is 1. The highest BCUT2D eigenvalue weighted by Crippen LogP contribution is 2.30. The van der Waals surface area contributed by atoms with Crippen LogP contribution in [0.4, 0.5) is 8.78 Å². The van der Waals surface area contributed by atoms with Gasteiger partial charge in [0.05, 0.1) is 5.56 Å². The second kappa shape index (κ2) is 5.25. The molecule has 1 amide bonds. The summed E-state index contributed by atoms with van der Waals surface area (Å²) in [5, 5.41) is 0. The van der Waals surface area contributed by atoms with Crippen LogP contribution in [0.5, 0.6) is 0 Å². The van der Waals surface area contributed by atoms with Crippen LogP contribution >= 0.6 is 0 Å². The van der Waals surface area contributed by atoms with Gasteiger partial charge in [-0.15, -0.1) is 0 Å². The Labute approximate surface area is 111 Å². The molecule has 1 fully saturated rings. The van der Waals surface area contributed by atoms with E-state index in [1.807, 2.05) is 0 Å². The minimum Gasteiger partial charge on any atom is -0.339 e. The molecule has 5 heteroatoms. The molecule has 1 aliphatic heterocycles. The van der Waals surface area contributed by atoms with Gasteiger partial charge in [-0.2, -0.15) is 0 Å². The van der Waals surface area contributed by atoms with Crippen LogP contribution in [0.3, 0.4) is 0 Å². The van der Waals surface area contributed by atoms with Crippen molar-refractivity contribution in [2.75, 3.05) is 19.6 Å². The molecule has 1 aromatic carbocycles. The van der Waals surface area contributed by atoms with Crippen LogP contribution in [0.25, 0.3) is 0 Å². The standard InChI is InChI=1S/C14H18F2N2O/c1-14(9-17)4-6-18(7-5-14)13(19)11-8-10(15)2-3-12(11)16/h2-3,8H,4-7,9,17H2,1H3. The Bertz CT molecular complexity index is 482. The number of hydrogen-bond acceptors (Lipinski definition) is 2. The summed E-state index contributed by atoms with van der Waals surface area (Å²) in [6, 6.07) is 2.94. The SMILES string of the molecule is CC1(CN)CCN(C(=O)c2cc(F)ccc2F)CC1. The predicted molar refractivity (Wildman–Crippen MR) is 68.7 cm³/mol. The van der Waals surface area contributed by atoms with Crippen LogP contribution in [0, 0.1) is 17.0 Å². The lowest BCUT2D eigenvalue weighted by atomic mass is 9.80. The molecule has 19 heavy (non-hydrogen) atoms. The minimum atomic E-state index is -0.682.